The summed E-state index contributed by atoms with van der Waals surface area (Å²) in [6.45, 7) is 2.62. The van der Waals surface area contributed by atoms with Gasteiger partial charge in [0.05, 0.1) is 0 Å². The van der Waals surface area contributed by atoms with Crippen LogP contribution in [0.25, 0.3) is 0 Å². The summed E-state index contributed by atoms with van der Waals surface area (Å²) in [5.41, 5.74) is 1.02. The topological polar surface area (TPSA) is 49.4 Å². The van der Waals surface area contributed by atoms with Crippen LogP contribution in [-0.2, 0) is 22.7 Å². The summed E-state index contributed by atoms with van der Waals surface area (Å²) in [7, 11) is 0. The Hall–Kier alpha value is -2.33. The lowest BCUT2D eigenvalue weighted by molar-refractivity contribution is -0.141. The standard InChI is InChI=1S/C20H21ClN2O2/c1-20(19(25)22-13-15-7-3-2-4-8-15)12-11-18(24)23(20)14-16-9-5-6-10-17(16)21/h2-10H,11-14H2,1H3,(H,22,25)/t20-/m0/s1. The molecular weight excluding hydrogens is 336 g/mol. The van der Waals surface area contributed by atoms with Crippen LogP contribution in [0, 0.1) is 0 Å². The van der Waals surface area contributed by atoms with Crippen LogP contribution in [0.2, 0.25) is 5.02 Å². The quantitative estimate of drug-likeness (QED) is 0.890. The van der Waals surface area contributed by atoms with Crippen LogP contribution >= 0.6 is 11.6 Å². The van der Waals surface area contributed by atoms with E-state index < -0.39 is 5.54 Å². The molecule has 2 aromatic carbocycles. The van der Waals surface area contributed by atoms with Crippen molar-refractivity contribution in [2.24, 2.45) is 0 Å². The average Bonchev–Trinajstić information content (AvgIpc) is 2.92. The normalized spacial score (nSPS) is 19.9. The Morgan fingerprint density at radius 3 is 2.56 bits per heavy atom. The number of halogens is 1. The molecule has 25 heavy (non-hydrogen) atoms. The van der Waals surface area contributed by atoms with Crippen molar-refractivity contribution in [3.8, 4) is 0 Å². The van der Waals surface area contributed by atoms with Gasteiger partial charge in [0.1, 0.15) is 5.54 Å². The van der Waals surface area contributed by atoms with Crippen LogP contribution in [0.4, 0.5) is 0 Å². The Bertz CT molecular complexity index is 778. The number of carbonyl (C=O) groups is 2. The number of rotatable bonds is 5. The second-order valence-electron chi connectivity index (χ2n) is 6.51. The molecule has 0 spiro atoms. The number of benzene rings is 2. The van der Waals surface area contributed by atoms with E-state index in [1.165, 1.54) is 0 Å². The number of hydrogen-bond acceptors (Lipinski definition) is 2. The lowest BCUT2D eigenvalue weighted by Gasteiger charge is -2.34. The molecule has 0 radical (unpaired) electrons. The van der Waals surface area contributed by atoms with Crippen LogP contribution in [0.15, 0.2) is 54.6 Å². The van der Waals surface area contributed by atoms with Gasteiger partial charge in [0.15, 0.2) is 0 Å². The highest BCUT2D eigenvalue weighted by Gasteiger charge is 2.47. The van der Waals surface area contributed by atoms with E-state index in [0.717, 1.165) is 11.1 Å². The van der Waals surface area contributed by atoms with Crippen molar-refractivity contribution in [3.63, 3.8) is 0 Å². The van der Waals surface area contributed by atoms with E-state index in [0.29, 0.717) is 31.0 Å². The molecule has 0 bridgehead atoms. The minimum Gasteiger partial charge on any atom is -0.350 e. The van der Waals surface area contributed by atoms with E-state index >= 15 is 0 Å². The molecule has 2 aromatic rings. The van der Waals surface area contributed by atoms with E-state index in [1.54, 1.807) is 11.0 Å². The molecule has 1 aliphatic rings. The molecule has 1 atom stereocenters. The molecule has 2 amide bonds. The molecule has 130 valence electrons. The summed E-state index contributed by atoms with van der Waals surface area (Å²) in [5.74, 6) is -0.147. The number of likely N-dealkylation sites (tertiary alicyclic amines) is 1. The van der Waals surface area contributed by atoms with Gasteiger partial charge < -0.3 is 10.2 Å². The van der Waals surface area contributed by atoms with Gasteiger partial charge in [0.25, 0.3) is 0 Å². The van der Waals surface area contributed by atoms with E-state index in [1.807, 2.05) is 55.5 Å². The summed E-state index contributed by atoms with van der Waals surface area (Å²) in [6, 6.07) is 17.2. The molecule has 1 aliphatic heterocycles. The van der Waals surface area contributed by atoms with E-state index in [9.17, 15) is 9.59 Å². The summed E-state index contributed by atoms with van der Waals surface area (Å²) in [6.07, 6.45) is 0.886. The fourth-order valence-corrected chi connectivity index (χ4v) is 3.36. The lowest BCUT2D eigenvalue weighted by Crippen LogP contribution is -2.53. The van der Waals surface area contributed by atoms with Gasteiger partial charge in [-0.1, -0.05) is 60.1 Å². The maximum atomic E-state index is 12.8. The Balaban J connectivity index is 1.74. The number of carbonyl (C=O) groups excluding carboxylic acids is 2. The van der Waals surface area contributed by atoms with E-state index in [4.69, 9.17) is 11.6 Å². The highest BCUT2D eigenvalue weighted by Crippen LogP contribution is 2.33. The second kappa shape index (κ2) is 7.28. The van der Waals surface area contributed by atoms with Crippen molar-refractivity contribution in [2.45, 2.75) is 38.4 Å². The van der Waals surface area contributed by atoms with Gasteiger partial charge in [0.2, 0.25) is 11.8 Å². The van der Waals surface area contributed by atoms with E-state index in [2.05, 4.69) is 5.32 Å². The first-order chi connectivity index (χ1) is 12.0. The van der Waals surface area contributed by atoms with Crippen molar-refractivity contribution in [2.75, 3.05) is 0 Å². The fraction of sp³-hybridized carbons (Fsp3) is 0.300. The summed E-state index contributed by atoms with van der Waals surface area (Å²) < 4.78 is 0. The van der Waals surface area contributed by atoms with Gasteiger partial charge >= 0.3 is 0 Å². The van der Waals surface area contributed by atoms with Gasteiger partial charge in [-0.3, -0.25) is 9.59 Å². The minimum atomic E-state index is -0.856. The van der Waals surface area contributed by atoms with Crippen LogP contribution in [-0.4, -0.2) is 22.3 Å². The molecule has 1 fully saturated rings. The maximum Gasteiger partial charge on any atom is 0.245 e. The summed E-state index contributed by atoms with van der Waals surface area (Å²) in [5, 5.41) is 3.57. The molecule has 3 rings (SSSR count). The lowest BCUT2D eigenvalue weighted by atomic mass is 9.97. The molecule has 0 aliphatic carbocycles. The third-order valence-electron chi connectivity index (χ3n) is 4.79. The molecule has 0 saturated carbocycles. The third kappa shape index (κ3) is 3.69. The van der Waals surface area contributed by atoms with Crippen molar-refractivity contribution in [3.05, 3.63) is 70.7 Å². The fourth-order valence-electron chi connectivity index (χ4n) is 3.16. The second-order valence-corrected chi connectivity index (χ2v) is 6.92. The smallest absolute Gasteiger partial charge is 0.245 e. The monoisotopic (exact) mass is 356 g/mol. The molecular formula is C20H21ClN2O2. The average molecular weight is 357 g/mol. The zero-order valence-electron chi connectivity index (χ0n) is 14.2. The van der Waals surface area contributed by atoms with Crippen LogP contribution in [0.1, 0.15) is 30.9 Å². The number of nitrogens with zero attached hydrogens (tertiary/aromatic N) is 1. The van der Waals surface area contributed by atoms with Crippen molar-refractivity contribution in [1.29, 1.82) is 0 Å². The molecule has 0 unspecified atom stereocenters. The van der Waals surface area contributed by atoms with E-state index in [-0.39, 0.29) is 11.8 Å². The Morgan fingerprint density at radius 1 is 1.16 bits per heavy atom. The first-order valence-electron chi connectivity index (χ1n) is 8.37. The number of amides is 2. The highest BCUT2D eigenvalue weighted by molar-refractivity contribution is 6.31. The zero-order chi connectivity index (χ0) is 17.9. The molecule has 1 N–H and O–H groups in total. The van der Waals surface area contributed by atoms with Gasteiger partial charge in [0, 0.05) is 24.5 Å². The van der Waals surface area contributed by atoms with Crippen molar-refractivity contribution < 1.29 is 9.59 Å². The molecule has 4 nitrogen and oxygen atoms in total. The first-order valence-corrected chi connectivity index (χ1v) is 8.74. The first kappa shape index (κ1) is 17.5. The SMILES string of the molecule is C[C@@]1(C(=O)NCc2ccccc2)CCC(=O)N1Cc1ccccc1Cl. The van der Waals surface area contributed by atoms with Crippen LogP contribution < -0.4 is 5.32 Å². The van der Waals surface area contributed by atoms with Gasteiger partial charge in [-0.2, -0.15) is 0 Å². The Kier molecular flexibility index (Phi) is 5.09. The molecule has 1 heterocycles. The van der Waals surface area contributed by atoms with Gasteiger partial charge in [-0.25, -0.2) is 0 Å². The predicted octanol–water partition coefficient (Wildman–Crippen LogP) is 3.54. The van der Waals surface area contributed by atoms with Crippen molar-refractivity contribution >= 4 is 23.4 Å². The highest BCUT2D eigenvalue weighted by atomic mass is 35.5. The molecule has 0 aromatic heterocycles. The number of nitrogens with one attached hydrogen (secondary N) is 1. The number of hydrogen-bond donors (Lipinski definition) is 1. The molecule has 1 saturated heterocycles. The van der Waals surface area contributed by atoms with Crippen LogP contribution in [0.5, 0.6) is 0 Å². The summed E-state index contributed by atoms with van der Waals surface area (Å²) in [4.78, 5) is 26.9. The molecule has 5 heteroatoms. The van der Waals surface area contributed by atoms with Crippen LogP contribution in [0.3, 0.4) is 0 Å². The summed E-state index contributed by atoms with van der Waals surface area (Å²) >= 11 is 6.23. The predicted molar refractivity (Wildman–Crippen MR) is 97.9 cm³/mol. The maximum absolute atomic E-state index is 12.8. The zero-order valence-corrected chi connectivity index (χ0v) is 14.9. The third-order valence-corrected chi connectivity index (χ3v) is 5.16. The van der Waals surface area contributed by atoms with Crippen molar-refractivity contribution in [1.82, 2.24) is 10.2 Å². The van der Waals surface area contributed by atoms with Gasteiger partial charge in [-0.05, 0) is 30.5 Å². The Labute approximate surface area is 152 Å². The minimum absolute atomic E-state index is 0.0164. The largest absolute Gasteiger partial charge is 0.350 e. The van der Waals surface area contributed by atoms with Gasteiger partial charge in [-0.15, -0.1) is 0 Å². The Morgan fingerprint density at radius 2 is 1.84 bits per heavy atom.